The van der Waals surface area contributed by atoms with Crippen LogP contribution in [0.1, 0.15) is 45.1 Å². The van der Waals surface area contributed by atoms with E-state index in [-0.39, 0.29) is 18.8 Å². The van der Waals surface area contributed by atoms with Crippen molar-refractivity contribution in [3.8, 4) is 5.75 Å². The van der Waals surface area contributed by atoms with Gasteiger partial charge in [0.15, 0.2) is 5.57 Å². The number of hydrogen-bond acceptors (Lipinski definition) is 7. The lowest BCUT2D eigenvalue weighted by Crippen LogP contribution is -2.29. The highest BCUT2D eigenvalue weighted by atomic mass is 16.6. The number of piperidine rings is 1. The molecule has 0 spiro atoms. The zero-order valence-corrected chi connectivity index (χ0v) is 17.8. The standard InChI is InChI=1S/C22H32N2O5/c1-5-27-20-14-17(8-9-18(20)16-10-12-24(4)13-11-16)23-15-19(21(25)28-6-2)22(26)29-7-3/h8-9,14-16,23H,5-7,10-13H2,1-4H3. The van der Waals surface area contributed by atoms with E-state index in [9.17, 15) is 9.59 Å². The second-order valence-electron chi connectivity index (χ2n) is 6.91. The minimum atomic E-state index is -0.716. The molecule has 0 atom stereocenters. The lowest BCUT2D eigenvalue weighted by molar-refractivity contribution is -0.146. The summed E-state index contributed by atoms with van der Waals surface area (Å²) in [5.74, 6) is -0.140. The fourth-order valence-corrected chi connectivity index (χ4v) is 3.34. The highest BCUT2D eigenvalue weighted by Crippen LogP contribution is 2.35. The highest BCUT2D eigenvalue weighted by Gasteiger charge is 2.23. The summed E-state index contributed by atoms with van der Waals surface area (Å²) in [6.45, 7) is 8.38. The minimum absolute atomic E-state index is 0.175. The van der Waals surface area contributed by atoms with Crippen molar-refractivity contribution >= 4 is 17.6 Å². The first-order valence-corrected chi connectivity index (χ1v) is 10.3. The van der Waals surface area contributed by atoms with E-state index in [4.69, 9.17) is 14.2 Å². The molecule has 0 radical (unpaired) electrons. The summed E-state index contributed by atoms with van der Waals surface area (Å²) in [7, 11) is 2.14. The van der Waals surface area contributed by atoms with E-state index in [1.54, 1.807) is 13.8 Å². The van der Waals surface area contributed by atoms with Crippen molar-refractivity contribution in [2.75, 3.05) is 45.3 Å². The third kappa shape index (κ3) is 6.49. The van der Waals surface area contributed by atoms with Crippen LogP contribution in [0.25, 0.3) is 0 Å². The molecule has 2 rings (SSSR count). The summed E-state index contributed by atoms with van der Waals surface area (Å²) in [6.07, 6.45) is 3.52. The Morgan fingerprint density at radius 3 is 2.24 bits per heavy atom. The van der Waals surface area contributed by atoms with Crippen LogP contribution in [0.15, 0.2) is 30.0 Å². The molecular weight excluding hydrogens is 372 g/mol. The molecule has 1 aromatic carbocycles. The van der Waals surface area contributed by atoms with Gasteiger partial charge in [0.2, 0.25) is 0 Å². The normalized spacial score (nSPS) is 14.8. The number of nitrogens with zero attached hydrogens (tertiary/aromatic N) is 1. The van der Waals surface area contributed by atoms with Gasteiger partial charge in [-0.25, -0.2) is 9.59 Å². The van der Waals surface area contributed by atoms with Gasteiger partial charge in [-0.2, -0.15) is 0 Å². The molecule has 1 aromatic rings. The van der Waals surface area contributed by atoms with Gasteiger partial charge in [0.25, 0.3) is 0 Å². The number of likely N-dealkylation sites (tertiary alicyclic amines) is 1. The zero-order valence-electron chi connectivity index (χ0n) is 17.8. The van der Waals surface area contributed by atoms with Gasteiger partial charge in [0.05, 0.1) is 19.8 Å². The molecule has 0 unspecified atom stereocenters. The maximum Gasteiger partial charge on any atom is 0.347 e. The van der Waals surface area contributed by atoms with Gasteiger partial charge in [-0.05, 0) is 71.3 Å². The highest BCUT2D eigenvalue weighted by molar-refractivity contribution is 6.14. The summed E-state index contributed by atoms with van der Waals surface area (Å²) < 4.78 is 15.8. The molecule has 1 saturated heterocycles. The summed E-state index contributed by atoms with van der Waals surface area (Å²) in [6, 6.07) is 5.90. The number of hydrogen-bond donors (Lipinski definition) is 1. The van der Waals surface area contributed by atoms with E-state index >= 15 is 0 Å². The van der Waals surface area contributed by atoms with E-state index in [0.29, 0.717) is 12.5 Å². The average Bonchev–Trinajstić information content (AvgIpc) is 2.70. The Hall–Kier alpha value is -2.54. The van der Waals surface area contributed by atoms with Crippen molar-refractivity contribution in [2.24, 2.45) is 0 Å². The first-order valence-electron chi connectivity index (χ1n) is 10.3. The Labute approximate surface area is 173 Å². The van der Waals surface area contributed by atoms with Gasteiger partial charge in [-0.1, -0.05) is 6.07 Å². The molecule has 1 N–H and O–H groups in total. The van der Waals surface area contributed by atoms with Gasteiger partial charge >= 0.3 is 11.9 Å². The first kappa shape index (κ1) is 22.7. The molecule has 0 bridgehead atoms. The Morgan fingerprint density at radius 2 is 1.69 bits per heavy atom. The van der Waals surface area contributed by atoms with Crippen molar-refractivity contribution in [3.05, 3.63) is 35.5 Å². The number of carbonyl (C=O) groups excluding carboxylic acids is 2. The van der Waals surface area contributed by atoms with Crippen LogP contribution in [0, 0.1) is 0 Å². The van der Waals surface area contributed by atoms with Crippen LogP contribution in [0.5, 0.6) is 5.75 Å². The molecule has 7 nitrogen and oxygen atoms in total. The Bertz CT molecular complexity index is 704. The van der Waals surface area contributed by atoms with Gasteiger partial charge in [0.1, 0.15) is 5.75 Å². The molecular formula is C22H32N2O5. The maximum atomic E-state index is 12.1. The largest absolute Gasteiger partial charge is 0.494 e. The van der Waals surface area contributed by atoms with Crippen LogP contribution < -0.4 is 10.1 Å². The van der Waals surface area contributed by atoms with Crippen molar-refractivity contribution < 1.29 is 23.8 Å². The quantitative estimate of drug-likeness (QED) is 0.293. The molecule has 1 aliphatic heterocycles. The SMILES string of the molecule is CCOC(=O)C(=CNc1ccc(C2CCN(C)CC2)c(OCC)c1)C(=O)OCC. The number of esters is 2. The number of anilines is 1. The van der Waals surface area contributed by atoms with E-state index in [0.717, 1.165) is 37.4 Å². The Balaban J connectivity index is 2.22. The van der Waals surface area contributed by atoms with E-state index in [2.05, 4.69) is 23.3 Å². The topological polar surface area (TPSA) is 77.1 Å². The van der Waals surface area contributed by atoms with Crippen molar-refractivity contribution in [1.29, 1.82) is 0 Å². The van der Waals surface area contributed by atoms with Crippen molar-refractivity contribution in [1.82, 2.24) is 4.90 Å². The second-order valence-corrected chi connectivity index (χ2v) is 6.91. The van der Waals surface area contributed by atoms with Gasteiger partial charge in [0, 0.05) is 18.0 Å². The van der Waals surface area contributed by atoms with Crippen molar-refractivity contribution in [3.63, 3.8) is 0 Å². The number of nitrogens with one attached hydrogen (secondary N) is 1. The van der Waals surface area contributed by atoms with E-state index in [1.807, 2.05) is 19.1 Å². The summed E-state index contributed by atoms with van der Waals surface area (Å²) in [5.41, 5.74) is 1.74. The molecule has 1 heterocycles. The molecule has 1 aliphatic rings. The Morgan fingerprint density at radius 1 is 1.07 bits per heavy atom. The monoisotopic (exact) mass is 404 g/mol. The second kappa shape index (κ2) is 11.5. The molecule has 29 heavy (non-hydrogen) atoms. The summed E-state index contributed by atoms with van der Waals surface area (Å²) in [5, 5.41) is 3.01. The van der Waals surface area contributed by atoms with Crippen molar-refractivity contribution in [2.45, 2.75) is 39.5 Å². The van der Waals surface area contributed by atoms with E-state index in [1.165, 1.54) is 11.8 Å². The minimum Gasteiger partial charge on any atom is -0.494 e. The van der Waals surface area contributed by atoms with Crippen LogP contribution in [0.3, 0.4) is 0 Å². The van der Waals surface area contributed by atoms with E-state index < -0.39 is 11.9 Å². The lowest BCUT2D eigenvalue weighted by atomic mass is 9.89. The van der Waals surface area contributed by atoms with Crippen LogP contribution >= 0.6 is 0 Å². The number of rotatable bonds is 9. The number of ether oxygens (including phenoxy) is 3. The molecule has 0 aliphatic carbocycles. The molecule has 7 heteroatoms. The zero-order chi connectivity index (χ0) is 21.2. The molecule has 0 aromatic heterocycles. The van der Waals surface area contributed by atoms with Gasteiger partial charge in [-0.3, -0.25) is 0 Å². The number of benzene rings is 1. The number of carbonyl (C=O) groups is 2. The molecule has 160 valence electrons. The van der Waals surface area contributed by atoms with Crippen LogP contribution in [-0.2, 0) is 19.1 Å². The fraction of sp³-hybridized carbons (Fsp3) is 0.545. The smallest absolute Gasteiger partial charge is 0.347 e. The average molecular weight is 405 g/mol. The van der Waals surface area contributed by atoms with Crippen LogP contribution in [0.2, 0.25) is 0 Å². The molecule has 0 saturated carbocycles. The molecule has 0 amide bonds. The summed E-state index contributed by atoms with van der Waals surface area (Å²) >= 11 is 0. The fourth-order valence-electron chi connectivity index (χ4n) is 3.34. The first-order chi connectivity index (χ1) is 14.0. The van der Waals surface area contributed by atoms with Crippen LogP contribution in [0.4, 0.5) is 5.69 Å². The summed E-state index contributed by atoms with van der Waals surface area (Å²) in [4.78, 5) is 26.5. The van der Waals surface area contributed by atoms with Crippen LogP contribution in [-0.4, -0.2) is 56.8 Å². The predicted molar refractivity (Wildman–Crippen MR) is 112 cm³/mol. The lowest BCUT2D eigenvalue weighted by Gasteiger charge is -2.30. The predicted octanol–water partition coefficient (Wildman–Crippen LogP) is 3.32. The van der Waals surface area contributed by atoms with Gasteiger partial charge < -0.3 is 24.4 Å². The Kier molecular flexibility index (Phi) is 8.99. The third-order valence-corrected chi connectivity index (χ3v) is 4.85. The maximum absolute atomic E-state index is 12.1. The molecule has 1 fully saturated rings. The van der Waals surface area contributed by atoms with Gasteiger partial charge in [-0.15, -0.1) is 0 Å². The third-order valence-electron chi connectivity index (χ3n) is 4.85.